The summed E-state index contributed by atoms with van der Waals surface area (Å²) in [6, 6.07) is 5.70. The van der Waals surface area contributed by atoms with Crippen molar-refractivity contribution in [2.45, 2.75) is 58.9 Å². The van der Waals surface area contributed by atoms with Gasteiger partial charge in [-0.05, 0) is 49.1 Å². The van der Waals surface area contributed by atoms with E-state index in [0.29, 0.717) is 28.6 Å². The zero-order chi connectivity index (χ0) is 17.0. The molecule has 1 aliphatic carbocycles. The zero-order valence-electron chi connectivity index (χ0n) is 14.6. The normalized spacial score (nSPS) is 21.8. The van der Waals surface area contributed by atoms with Gasteiger partial charge in [0, 0.05) is 16.6 Å². The van der Waals surface area contributed by atoms with Crippen LogP contribution in [0.3, 0.4) is 0 Å². The van der Waals surface area contributed by atoms with Crippen LogP contribution in [0.5, 0.6) is 5.75 Å². The summed E-state index contributed by atoms with van der Waals surface area (Å²) in [5, 5.41) is 3.79. The number of hydrogen-bond acceptors (Lipinski definition) is 2. The Balaban J connectivity index is 1.87. The molecule has 0 atom stereocenters. The first-order valence-electron chi connectivity index (χ1n) is 8.41. The predicted octanol–water partition coefficient (Wildman–Crippen LogP) is 4.61. The minimum absolute atomic E-state index is 0.0600. The van der Waals surface area contributed by atoms with Crippen LogP contribution in [0.25, 0.3) is 0 Å². The van der Waals surface area contributed by atoms with E-state index >= 15 is 0 Å². The molecule has 0 unspecified atom stereocenters. The minimum Gasteiger partial charge on any atom is -0.496 e. The van der Waals surface area contributed by atoms with Crippen molar-refractivity contribution < 1.29 is 9.53 Å². The van der Waals surface area contributed by atoms with Crippen molar-refractivity contribution in [1.29, 1.82) is 0 Å². The number of methoxy groups -OCH3 is 1. The first kappa shape index (κ1) is 18.1. The number of benzene rings is 1. The summed E-state index contributed by atoms with van der Waals surface area (Å²) in [6.07, 6.45) is 4.87. The van der Waals surface area contributed by atoms with Crippen LogP contribution in [0, 0.1) is 11.3 Å². The van der Waals surface area contributed by atoms with E-state index in [4.69, 9.17) is 16.3 Å². The van der Waals surface area contributed by atoms with Crippen LogP contribution in [0.4, 0.5) is 0 Å². The number of carbonyl (C=O) groups excluding carboxylic acids is 1. The number of nitrogens with one attached hydrogen (secondary N) is 1. The van der Waals surface area contributed by atoms with Gasteiger partial charge in [-0.25, -0.2) is 0 Å². The highest BCUT2D eigenvalue weighted by Crippen LogP contribution is 2.37. The second kappa shape index (κ2) is 7.57. The number of halogens is 1. The maximum absolute atomic E-state index is 12.3. The van der Waals surface area contributed by atoms with Gasteiger partial charge >= 0.3 is 0 Å². The average molecular weight is 338 g/mol. The molecular weight excluding hydrogens is 310 g/mol. The Morgan fingerprint density at radius 1 is 1.26 bits per heavy atom. The summed E-state index contributed by atoms with van der Waals surface area (Å²) in [5.74, 6) is 1.49. The van der Waals surface area contributed by atoms with Crippen molar-refractivity contribution in [2.75, 3.05) is 7.11 Å². The van der Waals surface area contributed by atoms with Crippen LogP contribution in [-0.4, -0.2) is 19.1 Å². The van der Waals surface area contributed by atoms with Gasteiger partial charge in [0.25, 0.3) is 0 Å². The van der Waals surface area contributed by atoms with Crippen LogP contribution < -0.4 is 10.1 Å². The molecule has 1 fully saturated rings. The van der Waals surface area contributed by atoms with Gasteiger partial charge in [-0.1, -0.05) is 38.4 Å². The molecule has 4 heteroatoms. The third kappa shape index (κ3) is 5.13. The predicted molar refractivity (Wildman–Crippen MR) is 95.1 cm³/mol. The first-order chi connectivity index (χ1) is 10.8. The van der Waals surface area contributed by atoms with Crippen molar-refractivity contribution in [3.63, 3.8) is 0 Å². The summed E-state index contributed by atoms with van der Waals surface area (Å²) in [4.78, 5) is 12.3. The number of carbonyl (C=O) groups is 1. The van der Waals surface area contributed by atoms with Crippen molar-refractivity contribution in [1.82, 2.24) is 5.32 Å². The molecule has 0 radical (unpaired) electrons. The molecule has 1 N–H and O–H groups in total. The maximum Gasteiger partial charge on any atom is 0.224 e. The van der Waals surface area contributed by atoms with E-state index in [2.05, 4.69) is 26.1 Å². The summed E-state index contributed by atoms with van der Waals surface area (Å²) in [7, 11) is 1.60. The Morgan fingerprint density at radius 2 is 1.91 bits per heavy atom. The molecule has 3 nitrogen and oxygen atoms in total. The van der Waals surface area contributed by atoms with Crippen LogP contribution in [-0.2, 0) is 11.2 Å². The monoisotopic (exact) mass is 337 g/mol. The maximum atomic E-state index is 12.3. The summed E-state index contributed by atoms with van der Waals surface area (Å²) >= 11 is 5.96. The molecule has 0 aromatic heterocycles. The molecule has 0 heterocycles. The molecular formula is C19H28ClNO2. The molecule has 1 amide bonds. The van der Waals surface area contributed by atoms with Gasteiger partial charge in [0.1, 0.15) is 5.75 Å². The average Bonchev–Trinajstić information content (AvgIpc) is 2.48. The molecule has 1 aromatic rings. The van der Waals surface area contributed by atoms with Gasteiger partial charge in [-0.2, -0.15) is 0 Å². The Labute approximate surface area is 144 Å². The largest absolute Gasteiger partial charge is 0.496 e. The van der Waals surface area contributed by atoms with E-state index in [1.54, 1.807) is 19.2 Å². The van der Waals surface area contributed by atoms with Gasteiger partial charge in [-0.3, -0.25) is 4.79 Å². The fourth-order valence-corrected chi connectivity index (χ4v) is 3.58. The number of rotatable bonds is 4. The fraction of sp³-hybridized carbons (Fsp3) is 0.632. The lowest BCUT2D eigenvalue weighted by atomic mass is 9.71. The lowest BCUT2D eigenvalue weighted by Gasteiger charge is -2.37. The molecule has 0 aliphatic heterocycles. The quantitative estimate of drug-likeness (QED) is 0.871. The van der Waals surface area contributed by atoms with E-state index in [1.165, 1.54) is 12.8 Å². The number of amides is 1. The Morgan fingerprint density at radius 3 is 2.48 bits per heavy atom. The topological polar surface area (TPSA) is 38.3 Å². The Kier molecular flexibility index (Phi) is 5.96. The van der Waals surface area contributed by atoms with Crippen molar-refractivity contribution >= 4 is 17.5 Å². The first-order valence-corrected chi connectivity index (χ1v) is 8.79. The standard InChI is InChI=1S/C19H28ClNO2/c1-19(2,3)14-6-9-16(10-7-14)21-18(22)11-13-5-8-15(20)12-17(13)23-4/h5,8,12,14,16H,6-7,9-11H2,1-4H3,(H,21,22). The second-order valence-corrected chi connectivity index (χ2v) is 8.05. The third-order valence-electron chi connectivity index (χ3n) is 4.92. The number of ether oxygens (including phenoxy) is 1. The van der Waals surface area contributed by atoms with Gasteiger partial charge in [0.05, 0.1) is 13.5 Å². The summed E-state index contributed by atoms with van der Waals surface area (Å²) in [5.41, 5.74) is 1.24. The van der Waals surface area contributed by atoms with E-state index in [9.17, 15) is 4.79 Å². The van der Waals surface area contributed by atoms with E-state index in [0.717, 1.165) is 24.3 Å². The van der Waals surface area contributed by atoms with Crippen LogP contribution >= 0.6 is 11.6 Å². The van der Waals surface area contributed by atoms with Crippen LogP contribution in [0.15, 0.2) is 18.2 Å². The lowest BCUT2D eigenvalue weighted by Crippen LogP contribution is -2.40. The molecule has 0 bridgehead atoms. The SMILES string of the molecule is COc1cc(Cl)ccc1CC(=O)NC1CCC(C(C)(C)C)CC1. The Hall–Kier alpha value is -1.22. The van der Waals surface area contributed by atoms with E-state index in [-0.39, 0.29) is 5.91 Å². The van der Waals surface area contributed by atoms with Gasteiger partial charge in [0.2, 0.25) is 5.91 Å². The Bertz CT molecular complexity index is 543. The van der Waals surface area contributed by atoms with Gasteiger partial charge < -0.3 is 10.1 Å². The number of hydrogen-bond donors (Lipinski definition) is 1. The van der Waals surface area contributed by atoms with Crippen molar-refractivity contribution in [3.8, 4) is 5.75 Å². The van der Waals surface area contributed by atoms with Gasteiger partial charge in [0.15, 0.2) is 0 Å². The molecule has 0 spiro atoms. The van der Waals surface area contributed by atoms with Crippen LogP contribution in [0.2, 0.25) is 5.02 Å². The van der Waals surface area contributed by atoms with E-state index in [1.807, 2.05) is 6.07 Å². The van der Waals surface area contributed by atoms with Gasteiger partial charge in [-0.15, -0.1) is 0 Å². The molecule has 1 aromatic carbocycles. The highest BCUT2D eigenvalue weighted by atomic mass is 35.5. The lowest BCUT2D eigenvalue weighted by molar-refractivity contribution is -0.121. The third-order valence-corrected chi connectivity index (χ3v) is 5.15. The highest BCUT2D eigenvalue weighted by molar-refractivity contribution is 6.30. The second-order valence-electron chi connectivity index (χ2n) is 7.62. The zero-order valence-corrected chi connectivity index (χ0v) is 15.4. The smallest absolute Gasteiger partial charge is 0.224 e. The van der Waals surface area contributed by atoms with Crippen LogP contribution in [0.1, 0.15) is 52.0 Å². The fourth-order valence-electron chi connectivity index (χ4n) is 3.42. The molecule has 1 saturated carbocycles. The van der Waals surface area contributed by atoms with Crippen molar-refractivity contribution in [2.24, 2.45) is 11.3 Å². The summed E-state index contributed by atoms with van der Waals surface area (Å²) in [6.45, 7) is 6.93. The summed E-state index contributed by atoms with van der Waals surface area (Å²) < 4.78 is 5.30. The minimum atomic E-state index is 0.0600. The molecule has 128 valence electrons. The molecule has 0 saturated heterocycles. The highest BCUT2D eigenvalue weighted by Gasteiger charge is 2.30. The molecule has 2 rings (SSSR count). The van der Waals surface area contributed by atoms with E-state index < -0.39 is 0 Å². The van der Waals surface area contributed by atoms with Crippen molar-refractivity contribution in [3.05, 3.63) is 28.8 Å². The molecule has 1 aliphatic rings. The molecule has 23 heavy (non-hydrogen) atoms.